The molecule has 1 aliphatic heterocycles. The van der Waals surface area contributed by atoms with Gasteiger partial charge in [0.25, 0.3) is 11.6 Å². The van der Waals surface area contributed by atoms with Crippen molar-refractivity contribution >= 4 is 23.5 Å². The van der Waals surface area contributed by atoms with E-state index in [9.17, 15) is 24.5 Å². The number of amides is 4. The van der Waals surface area contributed by atoms with Gasteiger partial charge in [0.2, 0.25) is 5.91 Å². The summed E-state index contributed by atoms with van der Waals surface area (Å²) in [7, 11) is 0. The van der Waals surface area contributed by atoms with E-state index >= 15 is 0 Å². The molecule has 0 saturated carbocycles. The molecule has 0 aromatic heterocycles. The van der Waals surface area contributed by atoms with Crippen LogP contribution >= 0.6 is 0 Å². The molecule has 9 heteroatoms. The van der Waals surface area contributed by atoms with Crippen molar-refractivity contribution in [2.24, 2.45) is 0 Å². The second-order valence-corrected chi connectivity index (χ2v) is 5.98. The summed E-state index contributed by atoms with van der Waals surface area (Å²) in [5.74, 6) is -1.09. The monoisotopic (exact) mass is 334 g/mol. The van der Waals surface area contributed by atoms with Crippen LogP contribution in [-0.4, -0.2) is 40.3 Å². The first-order valence-electron chi connectivity index (χ1n) is 7.33. The number of hydrogen-bond donors (Lipinski definition) is 2. The van der Waals surface area contributed by atoms with E-state index in [1.807, 2.05) is 0 Å². The van der Waals surface area contributed by atoms with Crippen LogP contribution in [0.3, 0.4) is 0 Å². The van der Waals surface area contributed by atoms with E-state index in [-0.39, 0.29) is 17.3 Å². The van der Waals surface area contributed by atoms with Crippen LogP contribution in [0.15, 0.2) is 24.3 Å². The molecular formula is C15H18N4O5. The van der Waals surface area contributed by atoms with E-state index in [0.29, 0.717) is 0 Å². The number of imide groups is 1. The van der Waals surface area contributed by atoms with Gasteiger partial charge in [0.15, 0.2) is 0 Å². The van der Waals surface area contributed by atoms with Crippen molar-refractivity contribution in [3.8, 4) is 0 Å². The average Bonchev–Trinajstić information content (AvgIpc) is 2.71. The molecule has 2 N–H and O–H groups in total. The molecule has 1 aromatic rings. The molecule has 1 fully saturated rings. The highest BCUT2D eigenvalue weighted by atomic mass is 16.6. The van der Waals surface area contributed by atoms with Gasteiger partial charge >= 0.3 is 6.03 Å². The van der Waals surface area contributed by atoms with Gasteiger partial charge in [0.05, 0.1) is 4.92 Å². The summed E-state index contributed by atoms with van der Waals surface area (Å²) in [4.78, 5) is 47.7. The zero-order chi connectivity index (χ0) is 18.1. The number of urea groups is 1. The topological polar surface area (TPSA) is 122 Å². The smallest absolute Gasteiger partial charge is 0.325 e. The van der Waals surface area contributed by atoms with E-state index in [2.05, 4.69) is 10.6 Å². The second kappa shape index (κ2) is 6.26. The highest BCUT2D eigenvalue weighted by Crippen LogP contribution is 2.30. The van der Waals surface area contributed by atoms with Gasteiger partial charge in [-0.15, -0.1) is 0 Å². The lowest BCUT2D eigenvalue weighted by atomic mass is 9.91. The molecule has 1 aromatic carbocycles. The van der Waals surface area contributed by atoms with E-state index < -0.39 is 34.9 Å². The van der Waals surface area contributed by atoms with Gasteiger partial charge in [-0.3, -0.25) is 24.6 Å². The van der Waals surface area contributed by atoms with Crippen molar-refractivity contribution in [3.05, 3.63) is 39.9 Å². The molecular weight excluding hydrogens is 316 g/mol. The predicted molar refractivity (Wildman–Crippen MR) is 84.0 cm³/mol. The maximum absolute atomic E-state index is 12.6. The van der Waals surface area contributed by atoms with Gasteiger partial charge in [0.1, 0.15) is 12.1 Å². The van der Waals surface area contributed by atoms with Crippen LogP contribution in [0.5, 0.6) is 0 Å². The number of non-ortho nitro benzene ring substituents is 1. The van der Waals surface area contributed by atoms with Crippen LogP contribution in [-0.2, 0) is 15.1 Å². The Hall–Kier alpha value is -2.97. The largest absolute Gasteiger partial charge is 0.352 e. The van der Waals surface area contributed by atoms with Crippen molar-refractivity contribution in [2.45, 2.75) is 32.4 Å². The number of carbonyl (C=O) groups excluding carboxylic acids is 3. The van der Waals surface area contributed by atoms with Gasteiger partial charge in [-0.2, -0.15) is 0 Å². The van der Waals surface area contributed by atoms with Gasteiger partial charge in [-0.1, -0.05) is 12.1 Å². The van der Waals surface area contributed by atoms with Gasteiger partial charge in [-0.05, 0) is 26.3 Å². The van der Waals surface area contributed by atoms with Gasteiger partial charge in [0, 0.05) is 18.2 Å². The third-order valence-corrected chi connectivity index (χ3v) is 3.66. The third kappa shape index (κ3) is 3.19. The summed E-state index contributed by atoms with van der Waals surface area (Å²) in [5.41, 5.74) is -1.37. The summed E-state index contributed by atoms with van der Waals surface area (Å²) in [6.45, 7) is 4.56. The fourth-order valence-electron chi connectivity index (χ4n) is 2.48. The summed E-state index contributed by atoms with van der Waals surface area (Å²) < 4.78 is 0. The number of nitro groups is 1. The quantitative estimate of drug-likeness (QED) is 0.470. The number of nitro benzene ring substituents is 1. The van der Waals surface area contributed by atoms with E-state index in [4.69, 9.17) is 0 Å². The zero-order valence-corrected chi connectivity index (χ0v) is 13.5. The minimum Gasteiger partial charge on any atom is -0.352 e. The molecule has 2 rings (SSSR count). The summed E-state index contributed by atoms with van der Waals surface area (Å²) in [5, 5.41) is 16.0. The summed E-state index contributed by atoms with van der Waals surface area (Å²) in [6.07, 6.45) is 0. The Morgan fingerprint density at radius 1 is 1.42 bits per heavy atom. The maximum atomic E-state index is 12.6. The predicted octanol–water partition coefficient (Wildman–Crippen LogP) is 0.886. The maximum Gasteiger partial charge on any atom is 0.325 e. The Morgan fingerprint density at radius 2 is 2.08 bits per heavy atom. The highest BCUT2D eigenvalue weighted by molar-refractivity contribution is 6.09. The van der Waals surface area contributed by atoms with E-state index in [1.54, 1.807) is 13.8 Å². The molecule has 0 spiro atoms. The SMILES string of the molecule is CC(C)NC(=O)CN1C(=O)NC(C)(c2cccc([N+](=O)[O-])c2)C1=O. The number of benzene rings is 1. The minimum atomic E-state index is -1.46. The lowest BCUT2D eigenvalue weighted by molar-refractivity contribution is -0.385. The molecule has 0 aliphatic carbocycles. The molecule has 0 bridgehead atoms. The molecule has 4 amide bonds. The first-order valence-corrected chi connectivity index (χ1v) is 7.33. The Balaban J connectivity index is 2.27. The molecule has 1 aliphatic rings. The Labute approximate surface area is 138 Å². The second-order valence-electron chi connectivity index (χ2n) is 5.98. The molecule has 9 nitrogen and oxygen atoms in total. The number of carbonyl (C=O) groups is 3. The lowest BCUT2D eigenvalue weighted by Crippen LogP contribution is -2.44. The van der Waals surface area contributed by atoms with Crippen LogP contribution in [0.25, 0.3) is 0 Å². The summed E-state index contributed by atoms with van der Waals surface area (Å²) >= 11 is 0. The summed E-state index contributed by atoms with van der Waals surface area (Å²) in [6, 6.07) is 4.64. The Morgan fingerprint density at radius 3 is 2.67 bits per heavy atom. The molecule has 1 atom stereocenters. The van der Waals surface area contributed by atoms with Crippen LogP contribution in [0, 0.1) is 10.1 Å². The fourth-order valence-corrected chi connectivity index (χ4v) is 2.48. The molecule has 1 saturated heterocycles. The first-order chi connectivity index (χ1) is 11.1. The zero-order valence-electron chi connectivity index (χ0n) is 13.5. The van der Waals surface area contributed by atoms with Crippen molar-refractivity contribution < 1.29 is 19.3 Å². The van der Waals surface area contributed by atoms with Crippen molar-refractivity contribution in [2.75, 3.05) is 6.54 Å². The molecule has 24 heavy (non-hydrogen) atoms. The number of nitrogens with zero attached hydrogens (tertiary/aromatic N) is 2. The average molecular weight is 334 g/mol. The minimum absolute atomic E-state index is 0.124. The highest BCUT2D eigenvalue weighted by Gasteiger charge is 2.49. The van der Waals surface area contributed by atoms with Crippen LogP contribution in [0.4, 0.5) is 10.5 Å². The Bertz CT molecular complexity index is 718. The van der Waals surface area contributed by atoms with Gasteiger partial charge < -0.3 is 10.6 Å². The molecule has 0 radical (unpaired) electrons. The standard InChI is InChI=1S/C15H18N4O5/c1-9(2)16-12(20)8-18-13(21)15(3,17-14(18)22)10-5-4-6-11(7-10)19(23)24/h4-7,9H,8H2,1-3H3,(H,16,20)(H,17,22). The normalized spacial score (nSPS) is 20.2. The third-order valence-electron chi connectivity index (χ3n) is 3.66. The molecule has 1 heterocycles. The van der Waals surface area contributed by atoms with Crippen molar-refractivity contribution in [1.82, 2.24) is 15.5 Å². The van der Waals surface area contributed by atoms with Gasteiger partial charge in [-0.25, -0.2) is 4.79 Å². The van der Waals surface area contributed by atoms with Crippen LogP contribution < -0.4 is 10.6 Å². The fraction of sp³-hybridized carbons (Fsp3) is 0.400. The first kappa shape index (κ1) is 17.4. The number of rotatable bonds is 5. The van der Waals surface area contributed by atoms with Crippen molar-refractivity contribution in [3.63, 3.8) is 0 Å². The number of nitrogens with one attached hydrogen (secondary N) is 2. The number of hydrogen-bond acceptors (Lipinski definition) is 5. The Kier molecular flexibility index (Phi) is 4.54. The van der Waals surface area contributed by atoms with Crippen molar-refractivity contribution in [1.29, 1.82) is 0 Å². The molecule has 128 valence electrons. The van der Waals surface area contributed by atoms with Crippen LogP contribution in [0.2, 0.25) is 0 Å². The lowest BCUT2D eigenvalue weighted by Gasteiger charge is -2.22. The van der Waals surface area contributed by atoms with Crippen LogP contribution in [0.1, 0.15) is 26.3 Å². The molecule has 1 unspecified atom stereocenters. The van der Waals surface area contributed by atoms with E-state index in [0.717, 1.165) is 4.90 Å². The van der Waals surface area contributed by atoms with E-state index in [1.165, 1.54) is 31.2 Å².